The molecule has 3 rings (SSSR count). The SMILES string of the molecule is CCC1CCCCN1Cc1nc2c(c(=O)n(C)c(=O)n2C)n1C(C)C(C)=O. The van der Waals surface area contributed by atoms with Crippen molar-refractivity contribution >= 4 is 16.9 Å². The second-order valence-corrected chi connectivity index (χ2v) is 7.59. The number of aryl methyl sites for hydroxylation is 1. The molecule has 27 heavy (non-hydrogen) atoms. The van der Waals surface area contributed by atoms with Gasteiger partial charge in [-0.2, -0.15) is 0 Å². The number of nitrogens with zero attached hydrogens (tertiary/aromatic N) is 5. The molecule has 2 unspecified atom stereocenters. The molecule has 8 nitrogen and oxygen atoms in total. The van der Waals surface area contributed by atoms with Crippen LogP contribution in [0.1, 0.15) is 58.3 Å². The van der Waals surface area contributed by atoms with E-state index >= 15 is 0 Å². The molecule has 0 amide bonds. The van der Waals surface area contributed by atoms with Crippen molar-refractivity contribution in [1.29, 1.82) is 0 Å². The number of ketones is 1. The lowest BCUT2D eigenvalue weighted by atomic mass is 10.00. The lowest BCUT2D eigenvalue weighted by molar-refractivity contribution is -0.119. The van der Waals surface area contributed by atoms with Crippen molar-refractivity contribution in [3.63, 3.8) is 0 Å². The first kappa shape index (κ1) is 19.5. The summed E-state index contributed by atoms with van der Waals surface area (Å²) in [5.41, 5.74) is -0.159. The predicted molar refractivity (Wildman–Crippen MR) is 104 cm³/mol. The fraction of sp³-hybridized carbons (Fsp3) is 0.684. The van der Waals surface area contributed by atoms with Crippen LogP contribution in [0.4, 0.5) is 0 Å². The molecular formula is C19H29N5O3. The van der Waals surface area contributed by atoms with Crippen molar-refractivity contribution in [2.24, 2.45) is 14.1 Å². The number of carbonyl (C=O) groups is 1. The number of Topliss-reactive ketones (excluding diaryl/α,β-unsaturated/α-hetero) is 1. The number of rotatable bonds is 5. The van der Waals surface area contributed by atoms with Gasteiger partial charge in [-0.1, -0.05) is 13.3 Å². The molecular weight excluding hydrogens is 346 g/mol. The smallest absolute Gasteiger partial charge is 0.311 e. The van der Waals surface area contributed by atoms with E-state index in [1.807, 2.05) is 0 Å². The third-order valence-electron chi connectivity index (χ3n) is 5.90. The lowest BCUT2D eigenvalue weighted by Gasteiger charge is -2.35. The van der Waals surface area contributed by atoms with Gasteiger partial charge < -0.3 is 4.57 Å². The van der Waals surface area contributed by atoms with E-state index in [9.17, 15) is 14.4 Å². The monoisotopic (exact) mass is 375 g/mol. The Labute approximate surface area is 158 Å². The predicted octanol–water partition coefficient (Wildman–Crippen LogP) is 1.35. The summed E-state index contributed by atoms with van der Waals surface area (Å²) in [5, 5.41) is 0. The molecule has 0 aromatic carbocycles. The molecule has 0 bridgehead atoms. The van der Waals surface area contributed by atoms with E-state index in [0.29, 0.717) is 29.6 Å². The maximum atomic E-state index is 12.8. The van der Waals surface area contributed by atoms with Crippen molar-refractivity contribution < 1.29 is 4.79 Å². The molecule has 1 fully saturated rings. The quantitative estimate of drug-likeness (QED) is 0.788. The zero-order valence-electron chi connectivity index (χ0n) is 16.9. The van der Waals surface area contributed by atoms with Crippen LogP contribution in [0.5, 0.6) is 0 Å². The average molecular weight is 375 g/mol. The van der Waals surface area contributed by atoms with Crippen molar-refractivity contribution in [3.05, 3.63) is 26.7 Å². The Hall–Kier alpha value is -2.22. The number of likely N-dealkylation sites (tertiary alicyclic amines) is 1. The Bertz CT molecular complexity index is 984. The van der Waals surface area contributed by atoms with Gasteiger partial charge in [0.2, 0.25) is 0 Å². The molecule has 0 aliphatic carbocycles. The van der Waals surface area contributed by atoms with Crippen LogP contribution in [0, 0.1) is 0 Å². The highest BCUT2D eigenvalue weighted by atomic mass is 16.2. The number of hydrogen-bond donors (Lipinski definition) is 0. The first-order valence-electron chi connectivity index (χ1n) is 9.69. The minimum absolute atomic E-state index is 0.0443. The highest BCUT2D eigenvalue weighted by Crippen LogP contribution is 2.24. The van der Waals surface area contributed by atoms with Crippen LogP contribution in [-0.4, -0.2) is 42.0 Å². The maximum Gasteiger partial charge on any atom is 0.332 e. The van der Waals surface area contributed by atoms with Crippen molar-refractivity contribution in [3.8, 4) is 0 Å². The number of carbonyl (C=O) groups excluding carboxylic acids is 1. The topological polar surface area (TPSA) is 82.1 Å². The molecule has 2 aromatic heterocycles. The Kier molecular flexibility index (Phi) is 5.37. The summed E-state index contributed by atoms with van der Waals surface area (Å²) in [7, 11) is 3.07. The number of imidazole rings is 1. The third-order valence-corrected chi connectivity index (χ3v) is 5.90. The minimum atomic E-state index is -0.514. The lowest BCUT2D eigenvalue weighted by Crippen LogP contribution is -2.39. The third kappa shape index (κ3) is 3.26. The van der Waals surface area contributed by atoms with E-state index in [2.05, 4.69) is 16.8 Å². The molecule has 3 heterocycles. The Morgan fingerprint density at radius 3 is 2.56 bits per heavy atom. The highest BCUT2D eigenvalue weighted by molar-refractivity contribution is 5.82. The van der Waals surface area contributed by atoms with Crippen molar-refractivity contribution in [1.82, 2.24) is 23.6 Å². The summed E-state index contributed by atoms with van der Waals surface area (Å²) < 4.78 is 4.20. The Morgan fingerprint density at radius 2 is 1.93 bits per heavy atom. The second-order valence-electron chi connectivity index (χ2n) is 7.59. The second kappa shape index (κ2) is 7.42. The van der Waals surface area contributed by atoms with E-state index in [1.165, 1.54) is 25.0 Å². The molecule has 0 spiro atoms. The first-order valence-corrected chi connectivity index (χ1v) is 9.69. The fourth-order valence-corrected chi connectivity index (χ4v) is 4.08. The standard InChI is InChI=1S/C19H29N5O3/c1-6-14-9-7-8-10-23(14)11-15-20-17-16(24(15)12(2)13(3)25)18(26)22(5)19(27)21(17)4/h12,14H,6-11H2,1-5H3. The molecule has 2 atom stereocenters. The van der Waals surface area contributed by atoms with Gasteiger partial charge in [0.15, 0.2) is 16.9 Å². The van der Waals surface area contributed by atoms with Crippen LogP contribution in [0.2, 0.25) is 0 Å². The molecule has 0 saturated carbocycles. The van der Waals surface area contributed by atoms with Crippen LogP contribution in [-0.2, 0) is 25.4 Å². The molecule has 8 heteroatoms. The molecule has 148 valence electrons. The van der Waals surface area contributed by atoms with E-state index in [4.69, 9.17) is 0 Å². The van der Waals surface area contributed by atoms with E-state index in [1.54, 1.807) is 18.5 Å². The van der Waals surface area contributed by atoms with Crippen LogP contribution in [0.3, 0.4) is 0 Å². The summed E-state index contributed by atoms with van der Waals surface area (Å²) in [6.45, 7) is 7.03. The van der Waals surface area contributed by atoms with E-state index in [0.717, 1.165) is 30.4 Å². The fourth-order valence-electron chi connectivity index (χ4n) is 4.08. The summed E-state index contributed by atoms with van der Waals surface area (Å²) in [5.74, 6) is 0.628. The van der Waals surface area contributed by atoms with Gasteiger partial charge in [-0.15, -0.1) is 0 Å². The van der Waals surface area contributed by atoms with E-state index in [-0.39, 0.29) is 5.78 Å². The molecule has 2 aromatic rings. The number of hydrogen-bond acceptors (Lipinski definition) is 5. The summed E-state index contributed by atoms with van der Waals surface area (Å²) in [6.07, 6.45) is 4.57. The minimum Gasteiger partial charge on any atom is -0.311 e. The maximum absolute atomic E-state index is 12.8. The number of fused-ring (bicyclic) bond motifs is 1. The normalized spacial score (nSPS) is 19.5. The van der Waals surface area contributed by atoms with Crippen molar-refractivity contribution in [2.75, 3.05) is 6.54 Å². The van der Waals surface area contributed by atoms with Crippen LogP contribution < -0.4 is 11.2 Å². The average Bonchev–Trinajstić information content (AvgIpc) is 3.03. The van der Waals surface area contributed by atoms with E-state index < -0.39 is 17.3 Å². The molecule has 0 N–H and O–H groups in total. The van der Waals surface area contributed by atoms with Gasteiger partial charge in [0.1, 0.15) is 5.82 Å². The van der Waals surface area contributed by atoms with Crippen molar-refractivity contribution in [2.45, 2.75) is 65.1 Å². The van der Waals surface area contributed by atoms with Gasteiger partial charge in [-0.05, 0) is 39.7 Å². The van der Waals surface area contributed by atoms with Crippen LogP contribution in [0.25, 0.3) is 11.2 Å². The molecule has 1 aliphatic rings. The molecule has 1 aliphatic heterocycles. The van der Waals surface area contributed by atoms with Gasteiger partial charge in [0, 0.05) is 20.1 Å². The molecule has 1 saturated heterocycles. The van der Waals surface area contributed by atoms with Gasteiger partial charge in [0.25, 0.3) is 5.56 Å². The van der Waals surface area contributed by atoms with Gasteiger partial charge in [-0.3, -0.25) is 23.6 Å². The van der Waals surface area contributed by atoms with Gasteiger partial charge in [0.05, 0.1) is 12.6 Å². The highest BCUT2D eigenvalue weighted by Gasteiger charge is 2.28. The largest absolute Gasteiger partial charge is 0.332 e. The number of piperidine rings is 1. The van der Waals surface area contributed by atoms with Gasteiger partial charge in [-0.25, -0.2) is 9.78 Å². The zero-order chi connectivity index (χ0) is 19.9. The number of aromatic nitrogens is 4. The Morgan fingerprint density at radius 1 is 1.22 bits per heavy atom. The summed E-state index contributed by atoms with van der Waals surface area (Å²) >= 11 is 0. The summed E-state index contributed by atoms with van der Waals surface area (Å²) in [6, 6.07) is -0.0358. The van der Waals surface area contributed by atoms with Gasteiger partial charge >= 0.3 is 5.69 Å². The summed E-state index contributed by atoms with van der Waals surface area (Å²) in [4.78, 5) is 44.4. The zero-order valence-corrected chi connectivity index (χ0v) is 16.9. The first-order chi connectivity index (χ1) is 12.8. The molecule has 0 radical (unpaired) electrons. The van der Waals surface area contributed by atoms with Crippen LogP contribution in [0.15, 0.2) is 9.59 Å². The van der Waals surface area contributed by atoms with Crippen LogP contribution >= 0.6 is 0 Å². The Balaban J connectivity index is 2.22.